The lowest BCUT2D eigenvalue weighted by molar-refractivity contribution is -0.128. The summed E-state index contributed by atoms with van der Waals surface area (Å²) >= 11 is 0. The predicted molar refractivity (Wildman–Crippen MR) is 93.5 cm³/mol. The smallest absolute Gasteiger partial charge is 0.248 e. The van der Waals surface area contributed by atoms with Gasteiger partial charge in [0.1, 0.15) is 0 Å². The molecule has 26 heavy (non-hydrogen) atoms. The zero-order valence-corrected chi connectivity index (χ0v) is 15.1. The van der Waals surface area contributed by atoms with E-state index in [0.29, 0.717) is 0 Å². The molecule has 14 heteroatoms. The minimum Gasteiger partial charge on any atom is -0.293 e. The molecule has 0 spiro atoms. The molecule has 152 valence electrons. The van der Waals surface area contributed by atoms with Crippen molar-refractivity contribution in [3.63, 3.8) is 0 Å². The van der Waals surface area contributed by atoms with Crippen LogP contribution in [0, 0.1) is 0 Å². The standard InChI is InChI=1S/C10H24N10O4.C2H6/c11-15-7(21)3-19(4-8(22)16-12)1-2-20(5-9(23)17-13)6-10(24)18-14;1-2/h1-6,11-14H2,(H,15,21)(H,16,22)(H,17,23)(H,18,24);1-2H3. The summed E-state index contributed by atoms with van der Waals surface area (Å²) in [4.78, 5) is 48.3. The van der Waals surface area contributed by atoms with Gasteiger partial charge in [-0.2, -0.15) is 0 Å². The molecule has 0 unspecified atom stereocenters. The summed E-state index contributed by atoms with van der Waals surface area (Å²) < 4.78 is 0. The summed E-state index contributed by atoms with van der Waals surface area (Å²) in [7, 11) is 0. The predicted octanol–water partition coefficient (Wildman–Crippen LogP) is -5.42. The summed E-state index contributed by atoms with van der Waals surface area (Å²) in [6, 6.07) is 0. The monoisotopic (exact) mass is 378 g/mol. The Morgan fingerprint density at radius 1 is 0.577 bits per heavy atom. The molecule has 0 saturated carbocycles. The topological polar surface area (TPSA) is 227 Å². The maximum absolute atomic E-state index is 11.4. The Bertz CT molecular complexity index is 372. The second kappa shape index (κ2) is 16.1. The zero-order chi connectivity index (χ0) is 20.5. The molecule has 0 radical (unpaired) electrons. The van der Waals surface area contributed by atoms with E-state index in [1.165, 1.54) is 9.80 Å². The second-order valence-corrected chi connectivity index (χ2v) is 4.69. The molecule has 4 amide bonds. The molecule has 0 saturated heterocycles. The Hall–Kier alpha value is -2.36. The van der Waals surface area contributed by atoms with Crippen molar-refractivity contribution >= 4 is 23.6 Å². The molecule has 12 N–H and O–H groups in total. The fourth-order valence-corrected chi connectivity index (χ4v) is 1.71. The molecule has 0 atom stereocenters. The molecule has 0 rings (SSSR count). The first kappa shape index (κ1) is 25.9. The van der Waals surface area contributed by atoms with Crippen molar-refractivity contribution in [1.82, 2.24) is 31.5 Å². The van der Waals surface area contributed by atoms with Crippen LogP contribution >= 0.6 is 0 Å². The van der Waals surface area contributed by atoms with Crippen molar-refractivity contribution in [2.45, 2.75) is 13.8 Å². The van der Waals surface area contributed by atoms with Crippen LogP contribution < -0.4 is 45.1 Å². The molecule has 0 aromatic rings. The Morgan fingerprint density at radius 2 is 0.769 bits per heavy atom. The van der Waals surface area contributed by atoms with Gasteiger partial charge in [-0.3, -0.25) is 50.7 Å². The highest BCUT2D eigenvalue weighted by atomic mass is 16.2. The molecular weight excluding hydrogens is 348 g/mol. The highest BCUT2D eigenvalue weighted by Crippen LogP contribution is 1.94. The van der Waals surface area contributed by atoms with Crippen LogP contribution in [0.3, 0.4) is 0 Å². The molecule has 0 fully saturated rings. The van der Waals surface area contributed by atoms with Gasteiger partial charge in [0.2, 0.25) is 23.6 Å². The first-order valence-electron chi connectivity index (χ1n) is 7.78. The third kappa shape index (κ3) is 13.0. The number of hydrogen-bond donors (Lipinski definition) is 8. The summed E-state index contributed by atoms with van der Waals surface area (Å²) in [5.41, 5.74) is 7.75. The average molecular weight is 378 g/mol. The molecule has 0 aliphatic rings. The number of nitrogens with two attached hydrogens (primary N) is 4. The summed E-state index contributed by atoms with van der Waals surface area (Å²) in [5, 5.41) is 0. The van der Waals surface area contributed by atoms with Gasteiger partial charge in [0.05, 0.1) is 26.2 Å². The summed E-state index contributed by atoms with van der Waals surface area (Å²) in [6.07, 6.45) is 0. The van der Waals surface area contributed by atoms with Crippen LogP contribution in [0.15, 0.2) is 0 Å². The van der Waals surface area contributed by atoms with E-state index < -0.39 is 23.6 Å². The van der Waals surface area contributed by atoms with E-state index in [0.717, 1.165) is 0 Å². The molecule has 0 aliphatic heterocycles. The van der Waals surface area contributed by atoms with Gasteiger partial charge in [-0.25, -0.2) is 23.4 Å². The van der Waals surface area contributed by atoms with Gasteiger partial charge in [0, 0.05) is 13.1 Å². The van der Waals surface area contributed by atoms with Crippen molar-refractivity contribution in [3.8, 4) is 0 Å². The lowest BCUT2D eigenvalue weighted by Crippen LogP contribution is -2.50. The number of nitrogens with zero attached hydrogens (tertiary/aromatic N) is 2. The molecule has 14 nitrogen and oxygen atoms in total. The average Bonchev–Trinajstić information content (AvgIpc) is 2.66. The van der Waals surface area contributed by atoms with Crippen LogP contribution in [0.2, 0.25) is 0 Å². The molecule has 0 aromatic heterocycles. The number of carbonyl (C=O) groups excluding carboxylic acids is 4. The Labute approximate surface area is 151 Å². The third-order valence-corrected chi connectivity index (χ3v) is 2.85. The number of nitrogens with one attached hydrogen (secondary N) is 4. The zero-order valence-electron chi connectivity index (χ0n) is 15.1. The number of rotatable bonds is 11. The number of carbonyl (C=O) groups is 4. The van der Waals surface area contributed by atoms with Crippen molar-refractivity contribution < 1.29 is 19.2 Å². The van der Waals surface area contributed by atoms with Gasteiger partial charge in [0.15, 0.2) is 0 Å². The maximum atomic E-state index is 11.4. The number of hydrazine groups is 4. The van der Waals surface area contributed by atoms with Gasteiger partial charge in [-0.15, -0.1) is 0 Å². The Kier molecular flexibility index (Phi) is 16.0. The van der Waals surface area contributed by atoms with E-state index in [1.807, 2.05) is 35.6 Å². The fourth-order valence-electron chi connectivity index (χ4n) is 1.71. The lowest BCUT2D eigenvalue weighted by Gasteiger charge is -2.25. The van der Waals surface area contributed by atoms with E-state index in [2.05, 4.69) is 0 Å². The highest BCUT2D eigenvalue weighted by Gasteiger charge is 2.18. The number of amides is 4. The summed E-state index contributed by atoms with van der Waals surface area (Å²) in [6.45, 7) is 3.62. The minimum atomic E-state index is -0.522. The normalized spacial score (nSPS) is 9.85. The van der Waals surface area contributed by atoms with Crippen LogP contribution in [0.5, 0.6) is 0 Å². The van der Waals surface area contributed by atoms with Gasteiger partial charge in [-0.05, 0) is 0 Å². The van der Waals surface area contributed by atoms with E-state index in [9.17, 15) is 19.2 Å². The second-order valence-electron chi connectivity index (χ2n) is 4.69. The van der Waals surface area contributed by atoms with Crippen LogP contribution in [0.1, 0.15) is 13.8 Å². The maximum Gasteiger partial charge on any atom is 0.248 e. The molecule has 0 aromatic carbocycles. The van der Waals surface area contributed by atoms with Gasteiger partial charge < -0.3 is 0 Å². The minimum absolute atomic E-state index is 0.163. The van der Waals surface area contributed by atoms with Crippen molar-refractivity contribution in [1.29, 1.82) is 0 Å². The van der Waals surface area contributed by atoms with E-state index in [1.54, 1.807) is 0 Å². The van der Waals surface area contributed by atoms with E-state index in [4.69, 9.17) is 23.4 Å². The van der Waals surface area contributed by atoms with Crippen LogP contribution in [-0.4, -0.2) is 72.7 Å². The number of hydrogen-bond acceptors (Lipinski definition) is 10. The molecule has 0 heterocycles. The van der Waals surface area contributed by atoms with E-state index >= 15 is 0 Å². The largest absolute Gasteiger partial charge is 0.293 e. The first-order valence-corrected chi connectivity index (χ1v) is 7.78. The third-order valence-electron chi connectivity index (χ3n) is 2.85. The Morgan fingerprint density at radius 3 is 0.923 bits per heavy atom. The fraction of sp³-hybridized carbons (Fsp3) is 0.667. The van der Waals surface area contributed by atoms with Crippen LogP contribution in [0.25, 0.3) is 0 Å². The summed E-state index contributed by atoms with van der Waals surface area (Å²) in [5.74, 6) is 18.0. The highest BCUT2D eigenvalue weighted by molar-refractivity contribution is 5.81. The molecule has 0 aliphatic carbocycles. The van der Waals surface area contributed by atoms with Gasteiger partial charge in [-0.1, -0.05) is 13.8 Å². The van der Waals surface area contributed by atoms with Crippen molar-refractivity contribution in [3.05, 3.63) is 0 Å². The van der Waals surface area contributed by atoms with Gasteiger partial charge in [0.25, 0.3) is 0 Å². The first-order chi connectivity index (χ1) is 12.4. The van der Waals surface area contributed by atoms with Crippen LogP contribution in [0.4, 0.5) is 0 Å². The van der Waals surface area contributed by atoms with Gasteiger partial charge >= 0.3 is 0 Å². The van der Waals surface area contributed by atoms with Crippen molar-refractivity contribution in [2.24, 2.45) is 23.4 Å². The van der Waals surface area contributed by atoms with Crippen molar-refractivity contribution in [2.75, 3.05) is 39.3 Å². The molecule has 0 bridgehead atoms. The van der Waals surface area contributed by atoms with E-state index in [-0.39, 0.29) is 39.3 Å². The van der Waals surface area contributed by atoms with Crippen LogP contribution in [-0.2, 0) is 19.2 Å². The quantitative estimate of drug-likeness (QED) is 0.0966. The lowest BCUT2D eigenvalue weighted by atomic mass is 10.3. The SMILES string of the molecule is CC.NNC(=O)CN(CCN(CC(=O)NN)CC(=O)NN)CC(=O)NN. The molecular formula is C12H30N10O4. The Balaban J connectivity index is 0.